The molecule has 26 heavy (non-hydrogen) atoms. The number of nitrogens with one attached hydrogen (secondary N) is 1. The number of aryl methyl sites for hydroxylation is 2. The van der Waals surface area contributed by atoms with E-state index in [0.29, 0.717) is 25.1 Å². The normalized spacial score (nSPS) is 13.5. The Morgan fingerprint density at radius 3 is 2.77 bits per heavy atom. The number of fused-ring (bicyclic) bond motifs is 1. The van der Waals surface area contributed by atoms with Gasteiger partial charge in [0.2, 0.25) is 5.56 Å². The highest BCUT2D eigenvalue weighted by molar-refractivity contribution is 5.94. The predicted molar refractivity (Wildman–Crippen MR) is 98.5 cm³/mol. The van der Waals surface area contributed by atoms with Crippen molar-refractivity contribution in [1.29, 1.82) is 0 Å². The third-order valence-electron chi connectivity index (χ3n) is 4.75. The van der Waals surface area contributed by atoms with Crippen LogP contribution >= 0.6 is 0 Å². The zero-order chi connectivity index (χ0) is 18.3. The van der Waals surface area contributed by atoms with Crippen molar-refractivity contribution in [3.05, 3.63) is 81.0 Å². The lowest BCUT2D eigenvalue weighted by atomic mass is 10.0. The maximum absolute atomic E-state index is 13.0. The molecule has 1 aliphatic heterocycles. The standard InChI is InChI=1S/C20H20N4O2/c1-13-8-14(2)24(22-13)18-5-3-4-16(9-18)20(26)23-7-6-15-10-19(25)21-11-17(15)12-23/h3-5,8-11H,6-7,12H2,1-2H3,(H,21,25). The van der Waals surface area contributed by atoms with E-state index in [1.54, 1.807) is 12.3 Å². The van der Waals surface area contributed by atoms with Crippen molar-refractivity contribution in [3.63, 3.8) is 0 Å². The molecule has 1 N–H and O–H groups in total. The predicted octanol–water partition coefficient (Wildman–Crippen LogP) is 2.38. The molecule has 4 rings (SSSR count). The summed E-state index contributed by atoms with van der Waals surface area (Å²) in [4.78, 5) is 28.9. The highest BCUT2D eigenvalue weighted by atomic mass is 16.2. The van der Waals surface area contributed by atoms with Crippen LogP contribution in [0.3, 0.4) is 0 Å². The molecule has 0 bridgehead atoms. The number of aromatic nitrogens is 3. The number of aromatic amines is 1. The number of H-pyrrole nitrogens is 1. The number of nitrogens with zero attached hydrogens (tertiary/aromatic N) is 3. The van der Waals surface area contributed by atoms with Crippen molar-refractivity contribution in [1.82, 2.24) is 19.7 Å². The van der Waals surface area contributed by atoms with Gasteiger partial charge in [0.1, 0.15) is 0 Å². The van der Waals surface area contributed by atoms with Crippen molar-refractivity contribution in [2.75, 3.05) is 6.54 Å². The van der Waals surface area contributed by atoms with Gasteiger partial charge >= 0.3 is 0 Å². The zero-order valence-electron chi connectivity index (χ0n) is 14.8. The van der Waals surface area contributed by atoms with Gasteiger partial charge in [-0.05, 0) is 55.7 Å². The van der Waals surface area contributed by atoms with E-state index in [1.165, 1.54) is 0 Å². The second-order valence-electron chi connectivity index (χ2n) is 6.71. The first-order chi connectivity index (χ1) is 12.5. The summed E-state index contributed by atoms with van der Waals surface area (Å²) in [6, 6.07) is 11.2. The Bertz CT molecular complexity index is 1050. The van der Waals surface area contributed by atoms with Crippen LogP contribution in [0.5, 0.6) is 0 Å². The van der Waals surface area contributed by atoms with Gasteiger partial charge in [0.15, 0.2) is 0 Å². The molecule has 0 saturated heterocycles. The number of pyridine rings is 1. The molecule has 6 nitrogen and oxygen atoms in total. The highest BCUT2D eigenvalue weighted by Crippen LogP contribution is 2.20. The molecule has 0 aliphatic carbocycles. The summed E-state index contributed by atoms with van der Waals surface area (Å²) in [5, 5.41) is 4.49. The summed E-state index contributed by atoms with van der Waals surface area (Å²) in [7, 11) is 0. The van der Waals surface area contributed by atoms with Crippen molar-refractivity contribution in [3.8, 4) is 5.69 Å². The third kappa shape index (κ3) is 2.94. The van der Waals surface area contributed by atoms with Crippen molar-refractivity contribution < 1.29 is 4.79 Å². The monoisotopic (exact) mass is 348 g/mol. The molecule has 0 radical (unpaired) electrons. The molecule has 6 heteroatoms. The van der Waals surface area contributed by atoms with E-state index in [1.807, 2.05) is 53.8 Å². The molecule has 2 aromatic heterocycles. The molecule has 1 amide bonds. The second-order valence-corrected chi connectivity index (χ2v) is 6.71. The van der Waals surface area contributed by atoms with Gasteiger partial charge in [0, 0.05) is 36.6 Å². The molecule has 3 heterocycles. The van der Waals surface area contributed by atoms with Crippen molar-refractivity contribution in [2.45, 2.75) is 26.8 Å². The Balaban J connectivity index is 1.61. The van der Waals surface area contributed by atoms with E-state index >= 15 is 0 Å². The minimum absolute atomic E-state index is 0.00905. The smallest absolute Gasteiger partial charge is 0.254 e. The molecule has 0 saturated carbocycles. The molecule has 0 unspecified atom stereocenters. The molecule has 3 aromatic rings. The quantitative estimate of drug-likeness (QED) is 0.773. The summed E-state index contributed by atoms with van der Waals surface area (Å²) < 4.78 is 1.85. The van der Waals surface area contributed by atoms with E-state index in [0.717, 1.165) is 28.2 Å². The number of hydrogen-bond acceptors (Lipinski definition) is 3. The lowest BCUT2D eigenvalue weighted by Gasteiger charge is -2.28. The van der Waals surface area contributed by atoms with Crippen LogP contribution in [-0.4, -0.2) is 32.1 Å². The molecular formula is C20H20N4O2. The Morgan fingerprint density at radius 1 is 1.15 bits per heavy atom. The van der Waals surface area contributed by atoms with Gasteiger partial charge in [-0.1, -0.05) is 6.07 Å². The maximum atomic E-state index is 13.0. The van der Waals surface area contributed by atoms with E-state index in [2.05, 4.69) is 10.1 Å². The molecule has 0 atom stereocenters. The van der Waals surface area contributed by atoms with E-state index in [9.17, 15) is 9.59 Å². The fraction of sp³-hybridized carbons (Fsp3) is 0.250. The maximum Gasteiger partial charge on any atom is 0.254 e. The number of benzene rings is 1. The van der Waals surface area contributed by atoms with Crippen LogP contribution < -0.4 is 5.56 Å². The van der Waals surface area contributed by atoms with Gasteiger partial charge in [-0.2, -0.15) is 5.10 Å². The Morgan fingerprint density at radius 2 is 2.00 bits per heavy atom. The summed E-state index contributed by atoms with van der Waals surface area (Å²) in [5.41, 5.74) is 5.42. The fourth-order valence-electron chi connectivity index (χ4n) is 3.48. The summed E-state index contributed by atoms with van der Waals surface area (Å²) in [6.07, 6.45) is 2.41. The summed E-state index contributed by atoms with van der Waals surface area (Å²) in [5.74, 6) is -0.00905. The highest BCUT2D eigenvalue weighted by Gasteiger charge is 2.22. The van der Waals surface area contributed by atoms with Crippen LogP contribution in [0, 0.1) is 13.8 Å². The number of carbonyl (C=O) groups is 1. The number of amides is 1. The SMILES string of the molecule is Cc1cc(C)n(-c2cccc(C(=O)N3CCc4cc(=O)[nH]cc4C3)c2)n1. The van der Waals surface area contributed by atoms with Crippen LogP contribution in [0.2, 0.25) is 0 Å². The number of carbonyl (C=O) groups excluding carboxylic acids is 1. The molecule has 1 aromatic carbocycles. The first-order valence-corrected chi connectivity index (χ1v) is 8.65. The first kappa shape index (κ1) is 16.3. The van der Waals surface area contributed by atoms with E-state index < -0.39 is 0 Å². The van der Waals surface area contributed by atoms with Gasteiger partial charge in [-0.15, -0.1) is 0 Å². The van der Waals surface area contributed by atoms with Crippen molar-refractivity contribution >= 4 is 5.91 Å². The average Bonchev–Trinajstić information content (AvgIpc) is 2.99. The van der Waals surface area contributed by atoms with Gasteiger partial charge < -0.3 is 9.88 Å². The Labute approximate surface area is 151 Å². The number of rotatable bonds is 2. The van der Waals surface area contributed by atoms with E-state index in [4.69, 9.17) is 0 Å². The van der Waals surface area contributed by atoms with Crippen LogP contribution in [-0.2, 0) is 13.0 Å². The zero-order valence-corrected chi connectivity index (χ0v) is 14.8. The molecule has 0 fully saturated rings. The molecule has 1 aliphatic rings. The van der Waals surface area contributed by atoms with Crippen LogP contribution in [0.25, 0.3) is 5.69 Å². The minimum atomic E-state index is -0.0962. The Kier molecular flexibility index (Phi) is 3.95. The van der Waals surface area contributed by atoms with Crippen LogP contribution in [0.15, 0.2) is 47.4 Å². The Hall–Kier alpha value is -3.15. The lowest BCUT2D eigenvalue weighted by Crippen LogP contribution is -2.36. The van der Waals surface area contributed by atoms with Crippen LogP contribution in [0.1, 0.15) is 32.9 Å². The van der Waals surface area contributed by atoms with Gasteiger partial charge in [0.25, 0.3) is 5.91 Å². The summed E-state index contributed by atoms with van der Waals surface area (Å²) >= 11 is 0. The number of hydrogen-bond donors (Lipinski definition) is 1. The molecule has 0 spiro atoms. The van der Waals surface area contributed by atoms with Gasteiger partial charge in [0.05, 0.1) is 11.4 Å². The third-order valence-corrected chi connectivity index (χ3v) is 4.75. The fourth-order valence-corrected chi connectivity index (χ4v) is 3.48. The lowest BCUT2D eigenvalue weighted by molar-refractivity contribution is 0.0734. The first-order valence-electron chi connectivity index (χ1n) is 8.65. The largest absolute Gasteiger partial charge is 0.334 e. The average molecular weight is 348 g/mol. The second kappa shape index (κ2) is 6.29. The van der Waals surface area contributed by atoms with Gasteiger partial charge in [-0.25, -0.2) is 4.68 Å². The topological polar surface area (TPSA) is 71.0 Å². The summed E-state index contributed by atoms with van der Waals surface area (Å²) in [6.45, 7) is 5.07. The molecular weight excluding hydrogens is 328 g/mol. The van der Waals surface area contributed by atoms with Gasteiger partial charge in [-0.3, -0.25) is 9.59 Å². The minimum Gasteiger partial charge on any atom is -0.334 e. The van der Waals surface area contributed by atoms with Crippen molar-refractivity contribution in [2.24, 2.45) is 0 Å². The van der Waals surface area contributed by atoms with Crippen LogP contribution in [0.4, 0.5) is 0 Å². The molecule has 132 valence electrons. The van der Waals surface area contributed by atoms with E-state index in [-0.39, 0.29) is 11.5 Å².